The summed E-state index contributed by atoms with van der Waals surface area (Å²) < 4.78 is 0. The van der Waals surface area contributed by atoms with E-state index in [1.807, 2.05) is 12.1 Å². The van der Waals surface area contributed by atoms with Crippen LogP contribution in [0.2, 0.25) is 5.02 Å². The first-order chi connectivity index (χ1) is 9.47. The highest BCUT2D eigenvalue weighted by Crippen LogP contribution is 2.25. The first kappa shape index (κ1) is 17.5. The molecule has 0 aromatic heterocycles. The molecule has 0 aliphatic heterocycles. The average Bonchev–Trinajstić information content (AvgIpc) is 2.41. The van der Waals surface area contributed by atoms with Crippen LogP contribution in [0.25, 0.3) is 0 Å². The smallest absolute Gasteiger partial charge is 0.0438 e. The quantitative estimate of drug-likeness (QED) is 0.780. The molecule has 0 saturated heterocycles. The Bertz CT molecular complexity index is 400. The standard InChI is InChI=1S/C17H29ClN2/c1-6-19-16(17(4,5)20(7-2)8-3)13-14-11-9-10-12-15(14)18/h9-12,16,19H,6-8,13H2,1-5H3. The van der Waals surface area contributed by atoms with Gasteiger partial charge in [-0.2, -0.15) is 0 Å². The molecule has 3 heteroatoms. The van der Waals surface area contributed by atoms with Gasteiger partial charge in [-0.3, -0.25) is 4.90 Å². The van der Waals surface area contributed by atoms with E-state index in [9.17, 15) is 0 Å². The maximum atomic E-state index is 6.32. The molecule has 0 fully saturated rings. The average molecular weight is 297 g/mol. The third kappa shape index (κ3) is 4.21. The zero-order valence-corrected chi connectivity index (χ0v) is 14.3. The van der Waals surface area contributed by atoms with Gasteiger partial charge in [-0.25, -0.2) is 0 Å². The van der Waals surface area contributed by atoms with Crippen molar-refractivity contribution in [1.82, 2.24) is 10.2 Å². The molecule has 2 nitrogen and oxygen atoms in total. The van der Waals surface area contributed by atoms with Crippen LogP contribution >= 0.6 is 11.6 Å². The second-order valence-corrected chi connectivity index (χ2v) is 6.14. The van der Waals surface area contributed by atoms with Gasteiger partial charge in [0.25, 0.3) is 0 Å². The maximum Gasteiger partial charge on any atom is 0.0438 e. The van der Waals surface area contributed by atoms with E-state index in [1.165, 1.54) is 5.56 Å². The van der Waals surface area contributed by atoms with Crippen molar-refractivity contribution >= 4 is 11.6 Å². The van der Waals surface area contributed by atoms with Gasteiger partial charge < -0.3 is 5.32 Å². The summed E-state index contributed by atoms with van der Waals surface area (Å²) in [6.07, 6.45) is 0.955. The number of likely N-dealkylation sites (N-methyl/N-ethyl adjacent to an activating group) is 2. The zero-order chi connectivity index (χ0) is 15.2. The van der Waals surface area contributed by atoms with Gasteiger partial charge in [0, 0.05) is 16.6 Å². The van der Waals surface area contributed by atoms with Gasteiger partial charge in [-0.1, -0.05) is 50.6 Å². The number of nitrogens with zero attached hydrogens (tertiary/aromatic N) is 1. The van der Waals surface area contributed by atoms with Crippen LogP contribution in [-0.2, 0) is 6.42 Å². The maximum absolute atomic E-state index is 6.32. The SMILES string of the molecule is CCNC(Cc1ccccc1Cl)C(C)(C)N(CC)CC. The van der Waals surface area contributed by atoms with Crippen molar-refractivity contribution in [3.63, 3.8) is 0 Å². The molecule has 1 atom stereocenters. The number of hydrogen-bond acceptors (Lipinski definition) is 2. The monoisotopic (exact) mass is 296 g/mol. The highest BCUT2D eigenvalue weighted by atomic mass is 35.5. The summed E-state index contributed by atoms with van der Waals surface area (Å²) in [5, 5.41) is 4.51. The summed E-state index contributed by atoms with van der Waals surface area (Å²) in [5.74, 6) is 0. The van der Waals surface area contributed by atoms with E-state index >= 15 is 0 Å². The zero-order valence-electron chi connectivity index (χ0n) is 13.5. The fourth-order valence-corrected chi connectivity index (χ4v) is 3.17. The number of halogens is 1. The Balaban J connectivity index is 2.96. The van der Waals surface area contributed by atoms with Crippen LogP contribution in [0.4, 0.5) is 0 Å². The van der Waals surface area contributed by atoms with Crippen LogP contribution in [-0.4, -0.2) is 36.1 Å². The topological polar surface area (TPSA) is 15.3 Å². The Morgan fingerprint density at radius 1 is 1.15 bits per heavy atom. The summed E-state index contributed by atoms with van der Waals surface area (Å²) in [6, 6.07) is 8.54. The Hall–Kier alpha value is -0.570. The highest BCUT2D eigenvalue weighted by molar-refractivity contribution is 6.31. The van der Waals surface area contributed by atoms with Gasteiger partial charge in [-0.15, -0.1) is 0 Å². The number of rotatable bonds is 8. The largest absolute Gasteiger partial charge is 0.312 e. The van der Waals surface area contributed by atoms with Crippen molar-refractivity contribution in [2.24, 2.45) is 0 Å². The Morgan fingerprint density at radius 3 is 2.25 bits per heavy atom. The second kappa shape index (κ2) is 8.02. The van der Waals surface area contributed by atoms with Gasteiger partial charge in [0.15, 0.2) is 0 Å². The minimum Gasteiger partial charge on any atom is -0.312 e. The lowest BCUT2D eigenvalue weighted by Crippen LogP contribution is -2.58. The Morgan fingerprint density at radius 2 is 1.75 bits per heavy atom. The van der Waals surface area contributed by atoms with Gasteiger partial charge >= 0.3 is 0 Å². The molecule has 0 saturated carbocycles. The van der Waals surface area contributed by atoms with Crippen LogP contribution < -0.4 is 5.32 Å². The lowest BCUT2D eigenvalue weighted by molar-refractivity contribution is 0.0918. The minimum atomic E-state index is 0.0959. The van der Waals surface area contributed by atoms with Gasteiger partial charge in [0.2, 0.25) is 0 Å². The van der Waals surface area contributed by atoms with E-state index in [0.29, 0.717) is 6.04 Å². The molecule has 1 unspecified atom stereocenters. The number of hydrogen-bond donors (Lipinski definition) is 1. The van der Waals surface area contributed by atoms with E-state index < -0.39 is 0 Å². The van der Waals surface area contributed by atoms with Crippen molar-refractivity contribution in [3.8, 4) is 0 Å². The van der Waals surface area contributed by atoms with E-state index in [-0.39, 0.29) is 5.54 Å². The van der Waals surface area contributed by atoms with E-state index in [1.54, 1.807) is 0 Å². The van der Waals surface area contributed by atoms with Crippen molar-refractivity contribution in [3.05, 3.63) is 34.9 Å². The second-order valence-electron chi connectivity index (χ2n) is 5.73. The van der Waals surface area contributed by atoms with E-state index in [2.05, 4.69) is 57.0 Å². The number of benzene rings is 1. The molecule has 20 heavy (non-hydrogen) atoms. The third-order valence-corrected chi connectivity index (χ3v) is 4.63. The molecule has 0 aliphatic carbocycles. The molecule has 0 radical (unpaired) electrons. The molecular formula is C17H29ClN2. The normalized spacial score (nSPS) is 13.8. The van der Waals surface area contributed by atoms with Crippen LogP contribution in [0.1, 0.15) is 40.2 Å². The predicted octanol–water partition coefficient (Wildman–Crippen LogP) is 3.98. The van der Waals surface area contributed by atoms with Gasteiger partial charge in [-0.05, 0) is 51.5 Å². The molecule has 0 amide bonds. The van der Waals surface area contributed by atoms with Crippen LogP contribution in [0, 0.1) is 0 Å². The third-order valence-electron chi connectivity index (χ3n) is 4.26. The molecule has 0 heterocycles. The van der Waals surface area contributed by atoms with Crippen molar-refractivity contribution in [1.29, 1.82) is 0 Å². The fourth-order valence-electron chi connectivity index (χ4n) is 2.96. The van der Waals surface area contributed by atoms with Crippen molar-refractivity contribution < 1.29 is 0 Å². The summed E-state index contributed by atoms with van der Waals surface area (Å²) in [7, 11) is 0. The first-order valence-electron chi connectivity index (χ1n) is 7.69. The molecule has 1 aromatic carbocycles. The van der Waals surface area contributed by atoms with Gasteiger partial charge in [0.1, 0.15) is 0 Å². The summed E-state index contributed by atoms with van der Waals surface area (Å²) in [5.41, 5.74) is 1.32. The van der Waals surface area contributed by atoms with Crippen LogP contribution in [0.3, 0.4) is 0 Å². The molecule has 1 rings (SSSR count). The molecule has 114 valence electrons. The number of nitrogens with one attached hydrogen (secondary N) is 1. The molecule has 0 bridgehead atoms. The van der Waals surface area contributed by atoms with Crippen LogP contribution in [0.5, 0.6) is 0 Å². The van der Waals surface area contributed by atoms with Gasteiger partial charge in [0.05, 0.1) is 0 Å². The molecule has 0 spiro atoms. The lowest BCUT2D eigenvalue weighted by atomic mass is 9.87. The molecule has 1 N–H and O–H groups in total. The minimum absolute atomic E-state index is 0.0959. The predicted molar refractivity (Wildman–Crippen MR) is 89.6 cm³/mol. The van der Waals surface area contributed by atoms with Crippen LogP contribution in [0.15, 0.2) is 24.3 Å². The summed E-state index contributed by atoms with van der Waals surface area (Å²) in [4.78, 5) is 2.51. The van der Waals surface area contributed by atoms with E-state index in [4.69, 9.17) is 11.6 Å². The van der Waals surface area contributed by atoms with E-state index in [0.717, 1.165) is 31.1 Å². The van der Waals surface area contributed by atoms with Crippen molar-refractivity contribution in [2.75, 3.05) is 19.6 Å². The molecule has 0 aliphatic rings. The molecule has 1 aromatic rings. The summed E-state index contributed by atoms with van der Waals surface area (Å²) >= 11 is 6.32. The Labute approximate surface area is 129 Å². The molecular weight excluding hydrogens is 268 g/mol. The Kier molecular flexibility index (Phi) is 7.01. The van der Waals surface area contributed by atoms with Crippen molar-refractivity contribution in [2.45, 2.75) is 52.6 Å². The lowest BCUT2D eigenvalue weighted by Gasteiger charge is -2.44. The highest BCUT2D eigenvalue weighted by Gasteiger charge is 2.33. The first-order valence-corrected chi connectivity index (χ1v) is 8.06. The summed E-state index contributed by atoms with van der Waals surface area (Å²) in [6.45, 7) is 14.4. The fraction of sp³-hybridized carbons (Fsp3) is 0.647.